The van der Waals surface area contributed by atoms with Crippen molar-refractivity contribution in [2.24, 2.45) is 0 Å². The molecule has 1 N–H and O–H groups in total. The maximum Gasteiger partial charge on any atom is 0.416 e. The lowest BCUT2D eigenvalue weighted by atomic mass is 10.0. The first-order chi connectivity index (χ1) is 16.2. The van der Waals surface area contributed by atoms with Crippen molar-refractivity contribution in [3.05, 3.63) is 53.3 Å². The van der Waals surface area contributed by atoms with Crippen LogP contribution in [0.25, 0.3) is 10.9 Å². The summed E-state index contributed by atoms with van der Waals surface area (Å²) in [6, 6.07) is 8.30. The Bertz CT molecular complexity index is 1150. The summed E-state index contributed by atoms with van der Waals surface area (Å²) < 4.78 is 62.0. The molecule has 0 amide bonds. The Morgan fingerprint density at radius 2 is 1.97 bits per heavy atom. The Labute approximate surface area is 195 Å². The van der Waals surface area contributed by atoms with Crippen LogP contribution < -0.4 is 14.8 Å². The number of alkyl halides is 3. The molecule has 1 aliphatic rings. The Hall–Kier alpha value is -3.11. The SMILES string of the molecule is COc1cc2nc(C)nc(N[C@H](C)c3cccc(C(F)(F)F)c3)c2cc1OC[C@H]1COCCO1. The molecule has 0 spiro atoms. The second-order valence-corrected chi connectivity index (χ2v) is 8.01. The highest BCUT2D eigenvalue weighted by molar-refractivity contribution is 5.92. The van der Waals surface area contributed by atoms with Gasteiger partial charge in [0.25, 0.3) is 0 Å². The summed E-state index contributed by atoms with van der Waals surface area (Å²) in [5.74, 6) is 1.97. The van der Waals surface area contributed by atoms with Gasteiger partial charge in [0.15, 0.2) is 11.5 Å². The summed E-state index contributed by atoms with van der Waals surface area (Å²) in [7, 11) is 1.54. The molecule has 1 aromatic heterocycles. The molecule has 2 atom stereocenters. The summed E-state index contributed by atoms with van der Waals surface area (Å²) in [5, 5.41) is 3.89. The highest BCUT2D eigenvalue weighted by atomic mass is 19.4. The van der Waals surface area contributed by atoms with E-state index in [9.17, 15) is 13.2 Å². The topological polar surface area (TPSA) is 74.7 Å². The second-order valence-electron chi connectivity index (χ2n) is 8.01. The first-order valence-electron chi connectivity index (χ1n) is 10.9. The number of hydrogen-bond acceptors (Lipinski definition) is 7. The van der Waals surface area contributed by atoms with Crippen LogP contribution in [0.1, 0.15) is 29.9 Å². The molecule has 3 aromatic rings. The molecule has 0 radical (unpaired) electrons. The first kappa shape index (κ1) is 24.0. The van der Waals surface area contributed by atoms with Gasteiger partial charge in [-0.25, -0.2) is 9.97 Å². The quantitative estimate of drug-likeness (QED) is 0.517. The van der Waals surface area contributed by atoms with Gasteiger partial charge in [-0.05, 0) is 37.6 Å². The number of aromatic nitrogens is 2. The molecule has 1 fully saturated rings. The van der Waals surface area contributed by atoms with Gasteiger partial charge >= 0.3 is 6.18 Å². The van der Waals surface area contributed by atoms with Crippen molar-refractivity contribution in [3.8, 4) is 11.5 Å². The molecule has 10 heteroatoms. The summed E-state index contributed by atoms with van der Waals surface area (Å²) >= 11 is 0. The Morgan fingerprint density at radius 1 is 1.15 bits per heavy atom. The second kappa shape index (κ2) is 10.0. The highest BCUT2D eigenvalue weighted by Gasteiger charge is 2.30. The molecule has 4 rings (SSSR count). The number of benzene rings is 2. The monoisotopic (exact) mass is 477 g/mol. The average Bonchev–Trinajstić information content (AvgIpc) is 2.82. The lowest BCUT2D eigenvalue weighted by Gasteiger charge is -2.23. The number of hydrogen-bond donors (Lipinski definition) is 1. The minimum absolute atomic E-state index is 0.193. The third-order valence-corrected chi connectivity index (χ3v) is 5.47. The third-order valence-electron chi connectivity index (χ3n) is 5.47. The van der Waals surface area contributed by atoms with Crippen molar-refractivity contribution in [1.82, 2.24) is 9.97 Å². The first-order valence-corrected chi connectivity index (χ1v) is 10.9. The molecule has 0 aliphatic carbocycles. The lowest BCUT2D eigenvalue weighted by Crippen LogP contribution is -2.33. The maximum absolute atomic E-state index is 13.2. The Balaban J connectivity index is 1.64. The average molecular weight is 477 g/mol. The van der Waals surface area contributed by atoms with Gasteiger partial charge in [-0.1, -0.05) is 12.1 Å². The largest absolute Gasteiger partial charge is 0.493 e. The molecule has 1 aliphatic heterocycles. The predicted molar refractivity (Wildman–Crippen MR) is 120 cm³/mol. The minimum atomic E-state index is -4.41. The fourth-order valence-corrected chi connectivity index (χ4v) is 3.72. The van der Waals surface area contributed by atoms with Crippen LogP contribution in [0.2, 0.25) is 0 Å². The molecule has 182 valence electrons. The van der Waals surface area contributed by atoms with Crippen molar-refractivity contribution in [3.63, 3.8) is 0 Å². The normalized spacial score (nSPS) is 17.4. The van der Waals surface area contributed by atoms with E-state index >= 15 is 0 Å². The van der Waals surface area contributed by atoms with E-state index in [0.717, 1.165) is 12.1 Å². The number of rotatable bonds is 7. The zero-order valence-corrected chi connectivity index (χ0v) is 19.1. The standard InChI is InChI=1S/C24H26F3N3O4/c1-14(16-5-4-6-17(9-16)24(25,26)27)28-23-19-10-22(34-13-18-12-32-7-8-33-18)21(31-3)11-20(19)29-15(2)30-23/h4-6,9-11,14,18H,7-8,12-13H2,1-3H3,(H,28,29,30)/t14-,18-/m1/s1. The van der Waals surface area contributed by atoms with Crippen LogP contribution in [-0.2, 0) is 15.7 Å². The molecule has 7 nitrogen and oxygen atoms in total. The van der Waals surface area contributed by atoms with E-state index in [4.69, 9.17) is 18.9 Å². The van der Waals surface area contributed by atoms with Gasteiger partial charge in [-0.3, -0.25) is 0 Å². The van der Waals surface area contributed by atoms with Crippen molar-refractivity contribution < 1.29 is 32.1 Å². The summed E-state index contributed by atoms with van der Waals surface area (Å²) in [6.45, 7) is 5.32. The number of methoxy groups -OCH3 is 1. The van der Waals surface area contributed by atoms with E-state index in [2.05, 4.69) is 15.3 Å². The Kier molecular flexibility index (Phi) is 7.08. The molecule has 2 heterocycles. The number of halogens is 3. The zero-order chi connectivity index (χ0) is 24.3. The fourth-order valence-electron chi connectivity index (χ4n) is 3.72. The summed E-state index contributed by atoms with van der Waals surface area (Å²) in [6.07, 6.45) is -4.61. The van der Waals surface area contributed by atoms with E-state index in [-0.39, 0.29) is 12.7 Å². The molecule has 0 unspecified atom stereocenters. The van der Waals surface area contributed by atoms with E-state index in [1.54, 1.807) is 32.0 Å². The third kappa shape index (κ3) is 5.51. The molecule has 1 saturated heterocycles. The molecule has 2 aromatic carbocycles. The van der Waals surface area contributed by atoms with E-state index in [1.165, 1.54) is 13.2 Å². The van der Waals surface area contributed by atoms with Gasteiger partial charge in [0.05, 0.1) is 38.0 Å². The van der Waals surface area contributed by atoms with Gasteiger partial charge in [-0.15, -0.1) is 0 Å². The van der Waals surface area contributed by atoms with Crippen LogP contribution in [0.4, 0.5) is 19.0 Å². The minimum Gasteiger partial charge on any atom is -0.493 e. The number of nitrogens with zero attached hydrogens (tertiary/aromatic N) is 2. The van der Waals surface area contributed by atoms with Crippen LogP contribution in [0.15, 0.2) is 36.4 Å². The van der Waals surface area contributed by atoms with Crippen LogP contribution in [0.5, 0.6) is 11.5 Å². The molecular weight excluding hydrogens is 451 g/mol. The van der Waals surface area contributed by atoms with Crippen LogP contribution in [-0.4, -0.2) is 49.6 Å². The molecule has 0 bridgehead atoms. The van der Waals surface area contributed by atoms with Gasteiger partial charge in [-0.2, -0.15) is 13.2 Å². The van der Waals surface area contributed by atoms with Crippen LogP contribution in [0.3, 0.4) is 0 Å². The van der Waals surface area contributed by atoms with E-state index in [0.29, 0.717) is 59.4 Å². The summed E-state index contributed by atoms with van der Waals surface area (Å²) in [4.78, 5) is 8.98. The molecule has 34 heavy (non-hydrogen) atoms. The molecule has 0 saturated carbocycles. The van der Waals surface area contributed by atoms with Gasteiger partial charge in [0.2, 0.25) is 0 Å². The highest BCUT2D eigenvalue weighted by Crippen LogP contribution is 2.36. The summed E-state index contributed by atoms with van der Waals surface area (Å²) in [5.41, 5.74) is 0.406. The molecular formula is C24H26F3N3O4. The lowest BCUT2D eigenvalue weighted by molar-refractivity contribution is -0.137. The number of ether oxygens (including phenoxy) is 4. The van der Waals surface area contributed by atoms with Crippen LogP contribution in [0, 0.1) is 6.92 Å². The number of anilines is 1. The van der Waals surface area contributed by atoms with Crippen molar-refractivity contribution >= 4 is 16.7 Å². The van der Waals surface area contributed by atoms with Gasteiger partial charge < -0.3 is 24.3 Å². The van der Waals surface area contributed by atoms with E-state index in [1.807, 2.05) is 0 Å². The van der Waals surface area contributed by atoms with Crippen LogP contribution >= 0.6 is 0 Å². The smallest absolute Gasteiger partial charge is 0.416 e. The maximum atomic E-state index is 13.2. The number of fused-ring (bicyclic) bond motifs is 1. The number of nitrogens with one attached hydrogen (secondary N) is 1. The predicted octanol–water partition coefficient (Wildman–Crippen LogP) is 4.93. The van der Waals surface area contributed by atoms with E-state index < -0.39 is 17.8 Å². The van der Waals surface area contributed by atoms with Gasteiger partial charge in [0, 0.05) is 17.5 Å². The van der Waals surface area contributed by atoms with Gasteiger partial charge in [0.1, 0.15) is 24.4 Å². The van der Waals surface area contributed by atoms with Crippen molar-refractivity contribution in [2.45, 2.75) is 32.2 Å². The Morgan fingerprint density at radius 3 is 2.68 bits per heavy atom. The number of aryl methyl sites for hydroxylation is 1. The van der Waals surface area contributed by atoms with Crippen molar-refractivity contribution in [1.29, 1.82) is 0 Å². The fraction of sp³-hybridized carbons (Fsp3) is 0.417. The zero-order valence-electron chi connectivity index (χ0n) is 19.1. The van der Waals surface area contributed by atoms with Crippen molar-refractivity contribution in [2.75, 3.05) is 38.9 Å².